The first-order chi connectivity index (χ1) is 7.89. The van der Waals surface area contributed by atoms with Crippen LogP contribution in [0.3, 0.4) is 0 Å². The fourth-order valence-electron chi connectivity index (χ4n) is 1.68. The summed E-state index contributed by atoms with van der Waals surface area (Å²) in [6.07, 6.45) is 2.58. The van der Waals surface area contributed by atoms with Crippen LogP contribution < -0.4 is 11.1 Å². The molecule has 0 saturated heterocycles. The zero-order valence-electron chi connectivity index (χ0n) is 11.0. The van der Waals surface area contributed by atoms with Crippen molar-refractivity contribution in [2.75, 3.05) is 19.6 Å². The molecule has 1 amide bonds. The van der Waals surface area contributed by atoms with E-state index in [2.05, 4.69) is 17.1 Å². The summed E-state index contributed by atoms with van der Waals surface area (Å²) in [6.45, 7) is 8.26. The molecule has 1 saturated carbocycles. The van der Waals surface area contributed by atoms with Crippen molar-refractivity contribution in [3.8, 4) is 0 Å². The quantitative estimate of drug-likeness (QED) is 0.665. The van der Waals surface area contributed by atoms with E-state index in [0.29, 0.717) is 6.54 Å². The van der Waals surface area contributed by atoms with Gasteiger partial charge in [0.25, 0.3) is 0 Å². The average molecular weight is 257 g/mol. The van der Waals surface area contributed by atoms with E-state index in [-0.39, 0.29) is 10.9 Å². The van der Waals surface area contributed by atoms with Gasteiger partial charge >= 0.3 is 0 Å². The molecular weight excluding hydrogens is 234 g/mol. The van der Waals surface area contributed by atoms with E-state index < -0.39 is 5.41 Å². The van der Waals surface area contributed by atoms with Gasteiger partial charge in [0.2, 0.25) is 5.91 Å². The van der Waals surface area contributed by atoms with Crippen molar-refractivity contribution in [3.63, 3.8) is 0 Å². The summed E-state index contributed by atoms with van der Waals surface area (Å²) in [5.41, 5.74) is 4.79. The molecule has 0 bridgehead atoms. The number of carbonyl (C=O) groups is 1. The first-order valence-electron chi connectivity index (χ1n) is 6.21. The second-order valence-corrected chi connectivity index (χ2v) is 5.54. The highest BCUT2D eigenvalue weighted by Gasteiger charge is 2.31. The molecule has 0 aromatic rings. The van der Waals surface area contributed by atoms with E-state index in [1.807, 2.05) is 0 Å². The molecule has 98 valence electrons. The second-order valence-electron chi connectivity index (χ2n) is 5.10. The van der Waals surface area contributed by atoms with Crippen LogP contribution in [0.5, 0.6) is 0 Å². The highest BCUT2D eigenvalue weighted by Crippen LogP contribution is 2.25. The summed E-state index contributed by atoms with van der Waals surface area (Å²) < 4.78 is 0. The number of hydrogen-bond donors (Lipinski definition) is 2. The molecule has 0 radical (unpaired) electrons. The Labute approximate surface area is 109 Å². The summed E-state index contributed by atoms with van der Waals surface area (Å²) in [6, 6.07) is 0.737. The third-order valence-electron chi connectivity index (χ3n) is 3.34. The van der Waals surface area contributed by atoms with Gasteiger partial charge in [-0.05, 0) is 33.2 Å². The van der Waals surface area contributed by atoms with E-state index in [0.717, 1.165) is 19.1 Å². The van der Waals surface area contributed by atoms with Crippen molar-refractivity contribution in [1.82, 2.24) is 10.2 Å². The van der Waals surface area contributed by atoms with Crippen molar-refractivity contribution < 1.29 is 4.79 Å². The number of rotatable bonds is 7. The smallest absolute Gasteiger partial charge is 0.232 e. The predicted octanol–water partition coefficient (Wildman–Crippen LogP) is 0.899. The van der Waals surface area contributed by atoms with Crippen molar-refractivity contribution >= 4 is 23.1 Å². The van der Waals surface area contributed by atoms with Gasteiger partial charge in [-0.2, -0.15) is 0 Å². The standard InChI is InChI=1S/C12H23N3OS/c1-4-15(9-5-6-9)8-7-14-11(16)12(2,3)10(13)17/h9H,4-8H2,1-3H3,(H2,13,17)(H,14,16). The van der Waals surface area contributed by atoms with Crippen LogP contribution in [0.25, 0.3) is 0 Å². The molecule has 0 aliphatic heterocycles. The Morgan fingerprint density at radius 1 is 1.53 bits per heavy atom. The lowest BCUT2D eigenvalue weighted by atomic mass is 9.92. The van der Waals surface area contributed by atoms with Crippen LogP contribution >= 0.6 is 12.2 Å². The Kier molecular flexibility index (Phi) is 4.89. The van der Waals surface area contributed by atoms with Crippen molar-refractivity contribution in [2.45, 2.75) is 39.7 Å². The van der Waals surface area contributed by atoms with Gasteiger partial charge in [-0.3, -0.25) is 9.69 Å². The van der Waals surface area contributed by atoms with Crippen LogP contribution in [0.1, 0.15) is 33.6 Å². The maximum absolute atomic E-state index is 11.9. The first-order valence-corrected chi connectivity index (χ1v) is 6.62. The maximum atomic E-state index is 11.9. The lowest BCUT2D eigenvalue weighted by molar-refractivity contribution is -0.126. The highest BCUT2D eigenvalue weighted by molar-refractivity contribution is 7.80. The molecule has 0 aromatic heterocycles. The van der Waals surface area contributed by atoms with Crippen LogP contribution in [-0.4, -0.2) is 41.5 Å². The van der Waals surface area contributed by atoms with Crippen LogP contribution in [0.2, 0.25) is 0 Å². The Morgan fingerprint density at radius 3 is 2.53 bits per heavy atom. The number of nitrogens with one attached hydrogen (secondary N) is 1. The average Bonchev–Trinajstić information content (AvgIpc) is 3.07. The van der Waals surface area contributed by atoms with Gasteiger partial charge in [0.15, 0.2) is 0 Å². The van der Waals surface area contributed by atoms with Crippen LogP contribution in [0, 0.1) is 5.41 Å². The lowest BCUT2D eigenvalue weighted by Crippen LogP contribution is -2.47. The lowest BCUT2D eigenvalue weighted by Gasteiger charge is -2.24. The molecule has 0 unspecified atom stereocenters. The molecule has 1 rings (SSSR count). The number of thiocarbonyl (C=S) groups is 1. The van der Waals surface area contributed by atoms with Gasteiger partial charge < -0.3 is 11.1 Å². The van der Waals surface area contributed by atoms with E-state index in [1.54, 1.807) is 13.8 Å². The molecular formula is C12H23N3OS. The Hall–Kier alpha value is -0.680. The molecule has 3 N–H and O–H groups in total. The summed E-state index contributed by atoms with van der Waals surface area (Å²) in [5.74, 6) is -0.0862. The molecule has 0 spiro atoms. The Balaban J connectivity index is 2.30. The molecule has 17 heavy (non-hydrogen) atoms. The minimum absolute atomic E-state index is 0.0862. The first kappa shape index (κ1) is 14.4. The maximum Gasteiger partial charge on any atom is 0.232 e. The molecule has 0 heterocycles. The number of nitrogens with two attached hydrogens (primary N) is 1. The van der Waals surface area contributed by atoms with E-state index >= 15 is 0 Å². The summed E-state index contributed by atoms with van der Waals surface area (Å²) in [4.78, 5) is 14.5. The second kappa shape index (κ2) is 5.78. The van der Waals surface area contributed by atoms with Crippen LogP contribution in [0.15, 0.2) is 0 Å². The monoisotopic (exact) mass is 257 g/mol. The van der Waals surface area contributed by atoms with Gasteiger partial charge in [0.1, 0.15) is 0 Å². The zero-order valence-corrected chi connectivity index (χ0v) is 11.8. The van der Waals surface area contributed by atoms with Crippen molar-refractivity contribution in [2.24, 2.45) is 11.1 Å². The third kappa shape index (κ3) is 3.92. The summed E-state index contributed by atoms with van der Waals surface area (Å²) in [5, 5.41) is 2.90. The molecule has 0 atom stereocenters. The SMILES string of the molecule is CCN(CCNC(=O)C(C)(C)C(N)=S)C1CC1. The van der Waals surface area contributed by atoms with Gasteiger partial charge in [0, 0.05) is 19.1 Å². The number of nitrogens with zero attached hydrogens (tertiary/aromatic N) is 1. The third-order valence-corrected chi connectivity index (χ3v) is 3.85. The van der Waals surface area contributed by atoms with Gasteiger partial charge in [0.05, 0.1) is 10.4 Å². The van der Waals surface area contributed by atoms with E-state index in [4.69, 9.17) is 18.0 Å². The number of amides is 1. The number of carbonyl (C=O) groups excluding carboxylic acids is 1. The summed E-state index contributed by atoms with van der Waals surface area (Å²) in [7, 11) is 0. The normalized spacial score (nSPS) is 16.0. The fraction of sp³-hybridized carbons (Fsp3) is 0.833. The molecule has 1 fully saturated rings. The van der Waals surface area contributed by atoms with Crippen LogP contribution in [0.4, 0.5) is 0 Å². The largest absolute Gasteiger partial charge is 0.392 e. The minimum atomic E-state index is -0.758. The van der Waals surface area contributed by atoms with Gasteiger partial charge in [-0.1, -0.05) is 19.1 Å². The minimum Gasteiger partial charge on any atom is -0.392 e. The predicted molar refractivity (Wildman–Crippen MR) is 73.8 cm³/mol. The molecule has 5 heteroatoms. The van der Waals surface area contributed by atoms with Crippen molar-refractivity contribution in [3.05, 3.63) is 0 Å². The molecule has 4 nitrogen and oxygen atoms in total. The molecule has 1 aliphatic carbocycles. The molecule has 1 aliphatic rings. The Bertz CT molecular complexity index is 300. The fourth-order valence-corrected chi connectivity index (χ4v) is 1.78. The van der Waals surface area contributed by atoms with Gasteiger partial charge in [-0.15, -0.1) is 0 Å². The van der Waals surface area contributed by atoms with E-state index in [9.17, 15) is 4.79 Å². The Morgan fingerprint density at radius 2 is 2.12 bits per heavy atom. The topological polar surface area (TPSA) is 58.4 Å². The zero-order chi connectivity index (χ0) is 13.1. The van der Waals surface area contributed by atoms with Crippen molar-refractivity contribution in [1.29, 1.82) is 0 Å². The number of hydrogen-bond acceptors (Lipinski definition) is 3. The summed E-state index contributed by atoms with van der Waals surface area (Å²) >= 11 is 4.89. The number of likely N-dealkylation sites (N-methyl/N-ethyl adjacent to an activating group) is 1. The van der Waals surface area contributed by atoms with Gasteiger partial charge in [-0.25, -0.2) is 0 Å². The highest BCUT2D eigenvalue weighted by atomic mass is 32.1. The molecule has 0 aromatic carbocycles. The van der Waals surface area contributed by atoms with Crippen LogP contribution in [-0.2, 0) is 4.79 Å². The van der Waals surface area contributed by atoms with E-state index in [1.165, 1.54) is 12.8 Å².